The van der Waals surface area contributed by atoms with E-state index < -0.39 is 0 Å². The maximum Gasteiger partial charge on any atom is 0.275 e. The summed E-state index contributed by atoms with van der Waals surface area (Å²) >= 11 is 0. The number of carbonyl (C=O) groups excluding carboxylic acids is 1. The molecule has 0 bridgehead atoms. The zero-order valence-electron chi connectivity index (χ0n) is 10.5. The van der Waals surface area contributed by atoms with Gasteiger partial charge in [0.25, 0.3) is 5.91 Å². The van der Waals surface area contributed by atoms with Crippen LogP contribution < -0.4 is 5.48 Å². The summed E-state index contributed by atoms with van der Waals surface area (Å²) in [6.07, 6.45) is 5.57. The fourth-order valence-corrected chi connectivity index (χ4v) is 2.64. The van der Waals surface area contributed by atoms with Crippen molar-refractivity contribution in [3.05, 3.63) is 35.1 Å². The van der Waals surface area contributed by atoms with Crippen molar-refractivity contribution in [3.63, 3.8) is 0 Å². The van der Waals surface area contributed by atoms with Crippen LogP contribution in [0, 0.1) is 5.82 Å². The average molecular weight is 251 g/mol. The number of nitrogens with one attached hydrogen (secondary N) is 1. The molecule has 0 radical (unpaired) electrons. The van der Waals surface area contributed by atoms with Gasteiger partial charge in [-0.3, -0.25) is 9.63 Å². The Morgan fingerprint density at radius 2 is 2.06 bits per heavy atom. The molecule has 1 aliphatic carbocycles. The molecular weight excluding hydrogens is 233 g/mol. The molecule has 2 rings (SSSR count). The predicted molar refractivity (Wildman–Crippen MR) is 66.7 cm³/mol. The summed E-state index contributed by atoms with van der Waals surface area (Å²) in [6, 6.07) is 4.34. The molecule has 0 aromatic heterocycles. The van der Waals surface area contributed by atoms with Gasteiger partial charge in [-0.25, -0.2) is 9.87 Å². The molecule has 0 aliphatic heterocycles. The second-order valence-corrected chi connectivity index (χ2v) is 4.70. The molecule has 1 saturated carbocycles. The number of halogens is 1. The van der Waals surface area contributed by atoms with Crippen molar-refractivity contribution in [2.75, 3.05) is 7.11 Å². The largest absolute Gasteiger partial charge is 0.277 e. The summed E-state index contributed by atoms with van der Waals surface area (Å²) in [5.74, 6) is -0.310. The molecule has 1 aromatic rings. The van der Waals surface area contributed by atoms with E-state index in [1.54, 1.807) is 0 Å². The monoisotopic (exact) mass is 251 g/mol. The van der Waals surface area contributed by atoms with Gasteiger partial charge in [0.2, 0.25) is 0 Å². The van der Waals surface area contributed by atoms with Crippen LogP contribution in [-0.2, 0) is 4.84 Å². The van der Waals surface area contributed by atoms with E-state index in [0.717, 1.165) is 31.2 Å². The van der Waals surface area contributed by atoms with Crippen molar-refractivity contribution in [2.45, 2.75) is 38.0 Å². The first-order valence-electron chi connectivity index (χ1n) is 6.35. The fourth-order valence-electron chi connectivity index (χ4n) is 2.64. The lowest BCUT2D eigenvalue weighted by atomic mass is 9.82. The average Bonchev–Trinajstić information content (AvgIpc) is 2.40. The molecule has 1 fully saturated rings. The molecule has 4 heteroatoms. The minimum Gasteiger partial charge on any atom is -0.277 e. The van der Waals surface area contributed by atoms with Crippen molar-refractivity contribution >= 4 is 5.91 Å². The first-order valence-corrected chi connectivity index (χ1v) is 6.35. The summed E-state index contributed by atoms with van der Waals surface area (Å²) < 4.78 is 13.4. The highest BCUT2D eigenvalue weighted by Gasteiger charge is 2.22. The second kappa shape index (κ2) is 5.96. The van der Waals surface area contributed by atoms with Gasteiger partial charge in [-0.1, -0.05) is 19.3 Å². The van der Waals surface area contributed by atoms with E-state index >= 15 is 0 Å². The molecule has 1 aromatic carbocycles. The summed E-state index contributed by atoms with van der Waals surface area (Å²) in [6.45, 7) is 0. The maximum atomic E-state index is 13.4. The van der Waals surface area contributed by atoms with Crippen molar-refractivity contribution < 1.29 is 14.0 Å². The summed E-state index contributed by atoms with van der Waals surface area (Å²) in [7, 11) is 1.39. The first-order chi connectivity index (χ1) is 8.72. The quantitative estimate of drug-likeness (QED) is 0.838. The third kappa shape index (κ3) is 2.88. The number of rotatable bonds is 3. The molecule has 1 N–H and O–H groups in total. The van der Waals surface area contributed by atoms with Gasteiger partial charge in [0.15, 0.2) is 0 Å². The van der Waals surface area contributed by atoms with E-state index in [2.05, 4.69) is 10.3 Å². The Labute approximate surface area is 106 Å². The van der Waals surface area contributed by atoms with Gasteiger partial charge >= 0.3 is 0 Å². The minimum absolute atomic E-state index is 0.284. The van der Waals surface area contributed by atoms with Crippen LogP contribution in [-0.4, -0.2) is 13.0 Å². The third-order valence-electron chi connectivity index (χ3n) is 3.50. The van der Waals surface area contributed by atoms with Crippen molar-refractivity contribution in [2.24, 2.45) is 0 Å². The molecular formula is C14H18FNO2. The lowest BCUT2D eigenvalue weighted by molar-refractivity contribution is 0.0536. The normalized spacial score (nSPS) is 16.6. The summed E-state index contributed by atoms with van der Waals surface area (Å²) in [5.41, 5.74) is 3.63. The molecule has 0 atom stereocenters. The maximum absolute atomic E-state index is 13.4. The van der Waals surface area contributed by atoms with E-state index in [0.29, 0.717) is 5.56 Å². The molecule has 18 heavy (non-hydrogen) atoms. The van der Waals surface area contributed by atoms with E-state index in [9.17, 15) is 9.18 Å². The fraction of sp³-hybridized carbons (Fsp3) is 0.500. The Kier molecular flexibility index (Phi) is 4.31. The Hall–Kier alpha value is -1.42. The number of carbonyl (C=O) groups is 1. The lowest BCUT2D eigenvalue weighted by Crippen LogP contribution is -2.24. The van der Waals surface area contributed by atoms with Gasteiger partial charge in [0, 0.05) is 5.56 Å². The molecule has 0 unspecified atom stereocenters. The van der Waals surface area contributed by atoms with Crippen LogP contribution in [0.5, 0.6) is 0 Å². The predicted octanol–water partition coefficient (Wildman–Crippen LogP) is 3.16. The second-order valence-electron chi connectivity index (χ2n) is 4.70. The van der Waals surface area contributed by atoms with Crippen LogP contribution in [0.25, 0.3) is 0 Å². The number of amides is 1. The zero-order chi connectivity index (χ0) is 13.0. The smallest absolute Gasteiger partial charge is 0.275 e. The van der Waals surface area contributed by atoms with Gasteiger partial charge in [-0.05, 0) is 42.5 Å². The lowest BCUT2D eigenvalue weighted by Gasteiger charge is -2.24. The minimum atomic E-state index is -0.307. The molecule has 98 valence electrons. The SMILES string of the molecule is CONC(=O)c1ccc(F)cc1C1CCCCC1. The highest BCUT2D eigenvalue weighted by Crippen LogP contribution is 2.34. The highest BCUT2D eigenvalue weighted by atomic mass is 19.1. The molecule has 3 nitrogen and oxygen atoms in total. The van der Waals surface area contributed by atoms with Crippen LogP contribution in [0.15, 0.2) is 18.2 Å². The van der Waals surface area contributed by atoms with Crippen LogP contribution in [0.1, 0.15) is 53.9 Å². The number of hydroxylamine groups is 1. The van der Waals surface area contributed by atoms with E-state index in [1.807, 2.05) is 0 Å². The molecule has 1 amide bonds. The van der Waals surface area contributed by atoms with Crippen molar-refractivity contribution in [1.82, 2.24) is 5.48 Å². The number of benzene rings is 1. The Balaban J connectivity index is 2.30. The van der Waals surface area contributed by atoms with Crippen molar-refractivity contribution in [1.29, 1.82) is 0 Å². The van der Waals surface area contributed by atoms with Crippen LogP contribution >= 0.6 is 0 Å². The number of hydrogen-bond donors (Lipinski definition) is 1. The topological polar surface area (TPSA) is 38.3 Å². The third-order valence-corrected chi connectivity index (χ3v) is 3.50. The van der Waals surface area contributed by atoms with Crippen LogP contribution in [0.2, 0.25) is 0 Å². The van der Waals surface area contributed by atoms with Crippen molar-refractivity contribution in [3.8, 4) is 0 Å². The van der Waals surface area contributed by atoms with Gasteiger partial charge in [-0.15, -0.1) is 0 Å². The first kappa shape index (κ1) is 13.0. The van der Waals surface area contributed by atoms with E-state index in [1.165, 1.54) is 31.7 Å². The Bertz CT molecular complexity index is 428. The Morgan fingerprint density at radius 1 is 1.33 bits per heavy atom. The van der Waals surface area contributed by atoms with Gasteiger partial charge in [-0.2, -0.15) is 0 Å². The summed E-state index contributed by atoms with van der Waals surface area (Å²) in [5, 5.41) is 0. The van der Waals surface area contributed by atoms with Crippen LogP contribution in [0.3, 0.4) is 0 Å². The molecule has 0 spiro atoms. The zero-order valence-corrected chi connectivity index (χ0v) is 10.5. The van der Waals surface area contributed by atoms with E-state index in [4.69, 9.17) is 0 Å². The van der Waals surface area contributed by atoms with Gasteiger partial charge < -0.3 is 0 Å². The highest BCUT2D eigenvalue weighted by molar-refractivity contribution is 5.95. The molecule has 0 saturated heterocycles. The standard InChI is InChI=1S/C14H18FNO2/c1-18-16-14(17)12-8-7-11(15)9-13(12)10-5-3-2-4-6-10/h7-10H,2-6H2,1H3,(H,16,17). The summed E-state index contributed by atoms with van der Waals surface area (Å²) in [4.78, 5) is 16.5. The van der Waals surface area contributed by atoms with Gasteiger partial charge in [0.05, 0.1) is 7.11 Å². The van der Waals surface area contributed by atoms with E-state index in [-0.39, 0.29) is 17.6 Å². The number of hydrogen-bond acceptors (Lipinski definition) is 2. The Morgan fingerprint density at radius 3 is 2.72 bits per heavy atom. The molecule has 1 aliphatic rings. The van der Waals surface area contributed by atoms with Crippen LogP contribution in [0.4, 0.5) is 4.39 Å². The molecule has 0 heterocycles. The van der Waals surface area contributed by atoms with Gasteiger partial charge in [0.1, 0.15) is 5.82 Å².